The van der Waals surface area contributed by atoms with E-state index in [1.165, 1.54) is 0 Å². The minimum absolute atomic E-state index is 0.0193. The number of rotatable bonds is 3. The van der Waals surface area contributed by atoms with E-state index in [0.717, 1.165) is 13.1 Å². The first kappa shape index (κ1) is 10.1. The van der Waals surface area contributed by atoms with Gasteiger partial charge in [-0.25, -0.2) is 0 Å². The van der Waals surface area contributed by atoms with E-state index in [-0.39, 0.29) is 18.1 Å². The Morgan fingerprint density at radius 1 is 1.67 bits per heavy atom. The number of hydrogen-bond acceptors (Lipinski definition) is 4. The van der Waals surface area contributed by atoms with Gasteiger partial charge in [-0.3, -0.25) is 9.89 Å². The molecule has 1 saturated heterocycles. The Morgan fingerprint density at radius 2 is 2.53 bits per heavy atom. The van der Waals surface area contributed by atoms with Gasteiger partial charge in [-0.05, 0) is 6.07 Å². The highest BCUT2D eigenvalue weighted by Gasteiger charge is 2.28. The third-order valence-electron chi connectivity index (χ3n) is 2.52. The fourth-order valence-electron chi connectivity index (χ4n) is 1.67. The Labute approximate surface area is 87.4 Å². The highest BCUT2D eigenvalue weighted by Crippen LogP contribution is 2.04. The fourth-order valence-corrected chi connectivity index (χ4v) is 1.67. The molecule has 0 spiro atoms. The average Bonchev–Trinajstić information content (AvgIpc) is 2.87. The van der Waals surface area contributed by atoms with Crippen molar-refractivity contribution >= 4 is 5.91 Å². The van der Waals surface area contributed by atoms with Crippen LogP contribution in [0.25, 0.3) is 0 Å². The largest absolute Gasteiger partial charge is 0.378 e. The first-order valence-corrected chi connectivity index (χ1v) is 4.85. The third-order valence-corrected chi connectivity index (χ3v) is 2.52. The number of amides is 1. The van der Waals surface area contributed by atoms with Crippen molar-refractivity contribution in [3.05, 3.63) is 18.0 Å². The number of methoxy groups -OCH3 is 1. The van der Waals surface area contributed by atoms with E-state index in [1.807, 2.05) is 0 Å². The molecule has 0 saturated carbocycles. The van der Waals surface area contributed by atoms with Gasteiger partial charge in [0.2, 0.25) is 0 Å². The topological polar surface area (TPSA) is 79.0 Å². The fraction of sp³-hybridized carbons (Fsp3) is 0.556. The van der Waals surface area contributed by atoms with Crippen LogP contribution in [0.3, 0.4) is 0 Å². The molecule has 1 fully saturated rings. The Bertz CT molecular complexity index is 325. The second-order valence-electron chi connectivity index (χ2n) is 3.48. The summed E-state index contributed by atoms with van der Waals surface area (Å²) in [6.45, 7) is 1.50. The molecule has 3 N–H and O–H groups in total. The van der Waals surface area contributed by atoms with E-state index in [4.69, 9.17) is 4.74 Å². The molecule has 0 radical (unpaired) electrons. The Balaban J connectivity index is 1.94. The van der Waals surface area contributed by atoms with Crippen molar-refractivity contribution in [2.45, 2.75) is 12.1 Å². The number of aromatic amines is 1. The molecule has 2 atom stereocenters. The summed E-state index contributed by atoms with van der Waals surface area (Å²) in [5.74, 6) is -0.150. The number of carbonyl (C=O) groups excluding carboxylic acids is 1. The molecular weight excluding hydrogens is 196 g/mol. The summed E-state index contributed by atoms with van der Waals surface area (Å²) in [7, 11) is 1.65. The second kappa shape index (κ2) is 4.41. The molecule has 0 aliphatic carbocycles. The van der Waals surface area contributed by atoms with Gasteiger partial charge in [-0.2, -0.15) is 5.10 Å². The van der Waals surface area contributed by atoms with Crippen LogP contribution in [0.5, 0.6) is 0 Å². The van der Waals surface area contributed by atoms with Gasteiger partial charge in [0.25, 0.3) is 5.91 Å². The number of aromatic nitrogens is 2. The van der Waals surface area contributed by atoms with E-state index in [9.17, 15) is 4.79 Å². The standard InChI is InChI=1S/C9H14N4O2/c1-15-8-5-10-4-7(8)12-9(14)6-2-3-11-13-6/h2-3,7-8,10H,4-5H2,1H3,(H,11,13)(H,12,14). The van der Waals surface area contributed by atoms with Gasteiger partial charge < -0.3 is 15.4 Å². The van der Waals surface area contributed by atoms with Crippen LogP contribution in [0.4, 0.5) is 0 Å². The SMILES string of the molecule is COC1CNCC1NC(=O)c1ccn[nH]1. The van der Waals surface area contributed by atoms with E-state index >= 15 is 0 Å². The Morgan fingerprint density at radius 3 is 3.20 bits per heavy atom. The molecule has 6 heteroatoms. The van der Waals surface area contributed by atoms with Crippen LogP contribution >= 0.6 is 0 Å². The van der Waals surface area contributed by atoms with Crippen LogP contribution in [0, 0.1) is 0 Å². The Kier molecular flexibility index (Phi) is 2.98. The van der Waals surface area contributed by atoms with E-state index in [2.05, 4.69) is 20.8 Å². The highest BCUT2D eigenvalue weighted by atomic mass is 16.5. The average molecular weight is 210 g/mol. The summed E-state index contributed by atoms with van der Waals surface area (Å²) in [5, 5.41) is 12.4. The zero-order chi connectivity index (χ0) is 10.7. The summed E-state index contributed by atoms with van der Waals surface area (Å²) in [6, 6.07) is 1.66. The number of nitrogens with zero attached hydrogens (tertiary/aromatic N) is 1. The Hall–Kier alpha value is -1.40. The molecule has 2 rings (SSSR count). The van der Waals surface area contributed by atoms with Crippen molar-refractivity contribution < 1.29 is 9.53 Å². The predicted octanol–water partition coefficient (Wildman–Crippen LogP) is -0.874. The molecule has 1 amide bonds. The molecule has 0 aromatic carbocycles. The zero-order valence-corrected chi connectivity index (χ0v) is 8.49. The molecular formula is C9H14N4O2. The maximum atomic E-state index is 11.7. The van der Waals surface area contributed by atoms with Gasteiger partial charge in [0.1, 0.15) is 5.69 Å². The molecule has 1 aromatic heterocycles. The molecule has 1 aliphatic rings. The second-order valence-corrected chi connectivity index (χ2v) is 3.48. The lowest BCUT2D eigenvalue weighted by atomic mass is 10.2. The number of carbonyl (C=O) groups is 1. The summed E-state index contributed by atoms with van der Waals surface area (Å²) in [4.78, 5) is 11.7. The third kappa shape index (κ3) is 2.16. The molecule has 2 unspecified atom stereocenters. The highest BCUT2D eigenvalue weighted by molar-refractivity contribution is 5.92. The minimum Gasteiger partial charge on any atom is -0.378 e. The van der Waals surface area contributed by atoms with Crippen LogP contribution in [-0.4, -0.2) is 48.4 Å². The number of H-pyrrole nitrogens is 1. The van der Waals surface area contributed by atoms with Crippen LogP contribution in [0.1, 0.15) is 10.5 Å². The lowest BCUT2D eigenvalue weighted by molar-refractivity contribution is 0.0776. The molecule has 2 heterocycles. The molecule has 82 valence electrons. The van der Waals surface area contributed by atoms with Gasteiger partial charge >= 0.3 is 0 Å². The van der Waals surface area contributed by atoms with Crippen LogP contribution in [0.2, 0.25) is 0 Å². The molecule has 1 aromatic rings. The van der Waals surface area contributed by atoms with Crippen molar-refractivity contribution in [2.24, 2.45) is 0 Å². The van der Waals surface area contributed by atoms with E-state index in [0.29, 0.717) is 5.69 Å². The summed E-state index contributed by atoms with van der Waals surface area (Å²) in [6.07, 6.45) is 1.59. The van der Waals surface area contributed by atoms with E-state index < -0.39 is 0 Å². The molecule has 0 bridgehead atoms. The number of nitrogens with one attached hydrogen (secondary N) is 3. The molecule has 15 heavy (non-hydrogen) atoms. The van der Waals surface area contributed by atoms with Gasteiger partial charge in [0, 0.05) is 26.4 Å². The summed E-state index contributed by atoms with van der Waals surface area (Å²) in [5.41, 5.74) is 0.469. The first-order chi connectivity index (χ1) is 7.31. The summed E-state index contributed by atoms with van der Waals surface area (Å²) < 4.78 is 5.24. The lowest BCUT2D eigenvalue weighted by Crippen LogP contribution is -2.43. The maximum absolute atomic E-state index is 11.7. The van der Waals surface area contributed by atoms with Crippen molar-refractivity contribution in [1.29, 1.82) is 0 Å². The zero-order valence-electron chi connectivity index (χ0n) is 8.49. The lowest BCUT2D eigenvalue weighted by Gasteiger charge is -2.17. The van der Waals surface area contributed by atoms with Crippen LogP contribution < -0.4 is 10.6 Å². The van der Waals surface area contributed by atoms with Crippen LogP contribution in [-0.2, 0) is 4.74 Å². The van der Waals surface area contributed by atoms with Crippen molar-refractivity contribution in [3.63, 3.8) is 0 Å². The smallest absolute Gasteiger partial charge is 0.269 e. The quantitative estimate of drug-likeness (QED) is 0.605. The number of ether oxygens (including phenoxy) is 1. The van der Waals surface area contributed by atoms with Crippen molar-refractivity contribution in [3.8, 4) is 0 Å². The maximum Gasteiger partial charge on any atom is 0.269 e. The van der Waals surface area contributed by atoms with Gasteiger partial charge in [-0.15, -0.1) is 0 Å². The summed E-state index contributed by atoms with van der Waals surface area (Å²) >= 11 is 0. The predicted molar refractivity (Wildman–Crippen MR) is 53.5 cm³/mol. The van der Waals surface area contributed by atoms with Gasteiger partial charge in [-0.1, -0.05) is 0 Å². The molecule has 6 nitrogen and oxygen atoms in total. The normalized spacial score (nSPS) is 25.4. The monoisotopic (exact) mass is 210 g/mol. The first-order valence-electron chi connectivity index (χ1n) is 4.85. The van der Waals surface area contributed by atoms with Crippen LogP contribution in [0.15, 0.2) is 12.3 Å². The van der Waals surface area contributed by atoms with Crippen molar-refractivity contribution in [2.75, 3.05) is 20.2 Å². The van der Waals surface area contributed by atoms with Gasteiger partial charge in [0.05, 0.1) is 12.1 Å². The minimum atomic E-state index is -0.150. The van der Waals surface area contributed by atoms with Crippen molar-refractivity contribution in [1.82, 2.24) is 20.8 Å². The van der Waals surface area contributed by atoms with Gasteiger partial charge in [0.15, 0.2) is 0 Å². The van der Waals surface area contributed by atoms with E-state index in [1.54, 1.807) is 19.4 Å². The number of hydrogen-bond donors (Lipinski definition) is 3. The molecule has 1 aliphatic heterocycles.